The third-order valence-corrected chi connectivity index (χ3v) is 3.45. The molecule has 3 aromatic rings. The van der Waals surface area contributed by atoms with Crippen molar-refractivity contribution in [3.8, 4) is 11.5 Å². The van der Waals surface area contributed by atoms with Gasteiger partial charge in [-0.1, -0.05) is 30.3 Å². The Morgan fingerprint density at radius 1 is 0.727 bits per heavy atom. The molecule has 0 radical (unpaired) electrons. The molecule has 0 amide bonds. The number of phenols is 2. The van der Waals surface area contributed by atoms with Gasteiger partial charge in [-0.05, 0) is 37.1 Å². The van der Waals surface area contributed by atoms with E-state index in [1.165, 1.54) is 6.07 Å². The van der Waals surface area contributed by atoms with Crippen molar-refractivity contribution in [3.63, 3.8) is 0 Å². The Kier molecular flexibility index (Phi) is 3.51. The molecule has 0 heterocycles. The van der Waals surface area contributed by atoms with E-state index in [2.05, 4.69) is 16.3 Å². The normalized spacial score (nSPS) is 11.4. The smallest absolute Gasteiger partial charge is 0.147 e. The van der Waals surface area contributed by atoms with Gasteiger partial charge < -0.3 is 10.2 Å². The van der Waals surface area contributed by atoms with Gasteiger partial charge in [0.15, 0.2) is 0 Å². The first-order chi connectivity index (χ1) is 10.5. The van der Waals surface area contributed by atoms with Crippen LogP contribution in [0.4, 0.5) is 11.4 Å². The fourth-order valence-corrected chi connectivity index (χ4v) is 2.55. The highest BCUT2D eigenvalue weighted by Crippen LogP contribution is 2.40. The Balaban J connectivity index is 2.12. The van der Waals surface area contributed by atoms with Gasteiger partial charge in [0.05, 0.1) is 5.69 Å². The van der Waals surface area contributed by atoms with Crippen molar-refractivity contribution in [2.45, 2.75) is 13.8 Å². The molecule has 0 aromatic heterocycles. The molecule has 0 bridgehead atoms. The summed E-state index contributed by atoms with van der Waals surface area (Å²) in [7, 11) is 0. The van der Waals surface area contributed by atoms with Crippen LogP contribution in [0, 0.1) is 13.8 Å². The largest absolute Gasteiger partial charge is 0.507 e. The second-order valence-corrected chi connectivity index (χ2v) is 5.35. The summed E-state index contributed by atoms with van der Waals surface area (Å²) in [5.74, 6) is -0.0669. The summed E-state index contributed by atoms with van der Waals surface area (Å²) in [4.78, 5) is 0. The molecule has 4 heteroatoms. The first kappa shape index (κ1) is 14.1. The van der Waals surface area contributed by atoms with Crippen LogP contribution in [0.1, 0.15) is 11.1 Å². The maximum Gasteiger partial charge on any atom is 0.147 e. The molecular formula is C18H16N2O2. The Hall–Kier alpha value is -2.88. The zero-order chi connectivity index (χ0) is 15.7. The molecule has 4 nitrogen and oxygen atoms in total. The van der Waals surface area contributed by atoms with Crippen LogP contribution in [-0.2, 0) is 0 Å². The van der Waals surface area contributed by atoms with E-state index in [0.717, 1.165) is 16.8 Å². The van der Waals surface area contributed by atoms with Crippen molar-refractivity contribution in [2.75, 3.05) is 0 Å². The van der Waals surface area contributed by atoms with Gasteiger partial charge in [-0.25, -0.2) is 0 Å². The highest BCUT2D eigenvalue weighted by atomic mass is 16.3. The van der Waals surface area contributed by atoms with Gasteiger partial charge in [0.1, 0.15) is 17.2 Å². The van der Waals surface area contributed by atoms with Crippen molar-refractivity contribution < 1.29 is 10.2 Å². The van der Waals surface area contributed by atoms with E-state index in [0.29, 0.717) is 16.5 Å². The topological polar surface area (TPSA) is 65.2 Å². The summed E-state index contributed by atoms with van der Waals surface area (Å²) in [6, 6.07) is 14.4. The van der Waals surface area contributed by atoms with Crippen LogP contribution in [-0.4, -0.2) is 10.2 Å². The van der Waals surface area contributed by atoms with Crippen LogP contribution in [0.25, 0.3) is 10.8 Å². The number of fused-ring (bicyclic) bond motifs is 1. The summed E-state index contributed by atoms with van der Waals surface area (Å²) in [5, 5.41) is 29.7. The molecule has 0 atom stereocenters. The summed E-state index contributed by atoms with van der Waals surface area (Å²) in [6.07, 6.45) is 0. The molecule has 0 aliphatic heterocycles. The molecule has 3 rings (SSSR count). The van der Waals surface area contributed by atoms with Gasteiger partial charge in [0.2, 0.25) is 0 Å². The van der Waals surface area contributed by atoms with Gasteiger partial charge in [0.25, 0.3) is 0 Å². The number of azo groups is 1. The Morgan fingerprint density at radius 2 is 1.36 bits per heavy atom. The fourth-order valence-electron chi connectivity index (χ4n) is 2.55. The zero-order valence-electron chi connectivity index (χ0n) is 12.4. The molecule has 0 unspecified atom stereocenters. The minimum absolute atomic E-state index is 0.0263. The van der Waals surface area contributed by atoms with Gasteiger partial charge in [0, 0.05) is 16.8 Å². The van der Waals surface area contributed by atoms with E-state index >= 15 is 0 Å². The van der Waals surface area contributed by atoms with E-state index in [9.17, 15) is 10.2 Å². The lowest BCUT2D eigenvalue weighted by atomic mass is 10.1. The van der Waals surface area contributed by atoms with Crippen LogP contribution in [0.15, 0.2) is 58.8 Å². The zero-order valence-corrected chi connectivity index (χ0v) is 12.4. The maximum absolute atomic E-state index is 10.1. The van der Waals surface area contributed by atoms with Gasteiger partial charge in [-0.3, -0.25) is 0 Å². The monoisotopic (exact) mass is 292 g/mol. The highest BCUT2D eigenvalue weighted by molar-refractivity contribution is 5.99. The van der Waals surface area contributed by atoms with E-state index in [1.807, 2.05) is 38.1 Å². The molecule has 22 heavy (non-hydrogen) atoms. The van der Waals surface area contributed by atoms with Crippen LogP contribution in [0.5, 0.6) is 11.5 Å². The number of phenolic OH excluding ortho intramolecular Hbond substituents is 2. The molecular weight excluding hydrogens is 276 g/mol. The number of nitrogens with zero attached hydrogens (tertiary/aromatic N) is 2. The quantitative estimate of drug-likeness (QED) is 0.631. The van der Waals surface area contributed by atoms with E-state index < -0.39 is 0 Å². The summed E-state index contributed by atoms with van der Waals surface area (Å²) in [5.41, 5.74) is 3.30. The lowest BCUT2D eigenvalue weighted by Gasteiger charge is -2.06. The molecule has 2 N–H and O–H groups in total. The molecule has 0 spiro atoms. The van der Waals surface area contributed by atoms with E-state index in [1.54, 1.807) is 12.1 Å². The van der Waals surface area contributed by atoms with Crippen molar-refractivity contribution >= 4 is 22.1 Å². The third kappa shape index (κ3) is 2.63. The summed E-state index contributed by atoms with van der Waals surface area (Å²) < 4.78 is 0. The number of aromatic hydroxyl groups is 2. The third-order valence-electron chi connectivity index (χ3n) is 3.45. The molecule has 0 aliphatic carbocycles. The summed E-state index contributed by atoms with van der Waals surface area (Å²) in [6.45, 7) is 4.00. The van der Waals surface area contributed by atoms with Crippen molar-refractivity contribution in [2.24, 2.45) is 10.2 Å². The first-order valence-corrected chi connectivity index (χ1v) is 6.98. The molecule has 110 valence electrons. The predicted octanol–water partition coefficient (Wildman–Crippen LogP) is 5.28. The van der Waals surface area contributed by atoms with Gasteiger partial charge in [-0.15, -0.1) is 5.11 Å². The predicted molar refractivity (Wildman–Crippen MR) is 87.4 cm³/mol. The van der Waals surface area contributed by atoms with Crippen molar-refractivity contribution in [1.82, 2.24) is 0 Å². The molecule has 0 fully saturated rings. The number of hydrogen-bond donors (Lipinski definition) is 2. The number of hydrogen-bond acceptors (Lipinski definition) is 4. The highest BCUT2D eigenvalue weighted by Gasteiger charge is 2.10. The molecule has 3 aromatic carbocycles. The fraction of sp³-hybridized carbons (Fsp3) is 0.111. The second kappa shape index (κ2) is 5.48. The maximum atomic E-state index is 10.1. The Labute approximate surface area is 128 Å². The summed E-state index contributed by atoms with van der Waals surface area (Å²) >= 11 is 0. The molecule has 0 saturated heterocycles. The number of aryl methyl sites for hydroxylation is 2. The van der Waals surface area contributed by atoms with Gasteiger partial charge in [-0.2, -0.15) is 5.11 Å². The minimum Gasteiger partial charge on any atom is -0.507 e. The molecule has 0 aliphatic rings. The van der Waals surface area contributed by atoms with Crippen LogP contribution in [0.2, 0.25) is 0 Å². The lowest BCUT2D eigenvalue weighted by molar-refractivity contribution is 0.456. The average Bonchev–Trinajstić information content (AvgIpc) is 2.46. The Bertz CT molecular complexity index is 865. The Morgan fingerprint density at radius 3 is 2.05 bits per heavy atom. The minimum atomic E-state index is -0.0932. The average molecular weight is 292 g/mol. The van der Waals surface area contributed by atoms with E-state index in [-0.39, 0.29) is 11.5 Å². The van der Waals surface area contributed by atoms with E-state index in [4.69, 9.17) is 0 Å². The SMILES string of the molecule is Cc1cc(C)cc(N=Nc2c(O)cc(O)c3ccccc23)c1. The number of benzene rings is 3. The van der Waals surface area contributed by atoms with Crippen LogP contribution < -0.4 is 0 Å². The number of rotatable bonds is 2. The van der Waals surface area contributed by atoms with Crippen molar-refractivity contribution in [3.05, 3.63) is 59.7 Å². The van der Waals surface area contributed by atoms with Crippen LogP contribution >= 0.6 is 0 Å². The lowest BCUT2D eigenvalue weighted by Crippen LogP contribution is -1.78. The first-order valence-electron chi connectivity index (χ1n) is 6.98. The standard InChI is InChI=1S/C18H16N2O2/c1-11-7-12(2)9-13(8-11)19-20-18-15-6-4-3-5-14(15)16(21)10-17(18)22/h3-10,21-22H,1-2H3. The van der Waals surface area contributed by atoms with Crippen LogP contribution in [0.3, 0.4) is 0 Å². The van der Waals surface area contributed by atoms with Crippen molar-refractivity contribution in [1.29, 1.82) is 0 Å². The second-order valence-electron chi connectivity index (χ2n) is 5.35. The molecule has 0 saturated carbocycles. The van der Waals surface area contributed by atoms with Gasteiger partial charge >= 0.3 is 0 Å².